The first-order chi connectivity index (χ1) is 8.31. The number of halogens is 1. The van der Waals surface area contributed by atoms with Crippen LogP contribution in [0.5, 0.6) is 0 Å². The Morgan fingerprint density at radius 3 is 3.06 bits per heavy atom. The van der Waals surface area contributed by atoms with Crippen LogP contribution in [0.15, 0.2) is 16.7 Å². The zero-order valence-corrected chi connectivity index (χ0v) is 11.9. The zero-order valence-electron chi connectivity index (χ0n) is 9.45. The van der Waals surface area contributed by atoms with E-state index in [0.29, 0.717) is 0 Å². The summed E-state index contributed by atoms with van der Waals surface area (Å²) in [6.07, 6.45) is 5.50. The smallest absolute Gasteiger partial charge is 0.177 e. The maximum Gasteiger partial charge on any atom is 0.177 e. The first kappa shape index (κ1) is 11.5. The number of aromatic amines is 1. The highest BCUT2D eigenvalue weighted by Gasteiger charge is 2.16. The Morgan fingerprint density at radius 1 is 1.41 bits per heavy atom. The van der Waals surface area contributed by atoms with Gasteiger partial charge in [-0.2, -0.15) is 11.8 Å². The first-order valence-electron chi connectivity index (χ1n) is 5.89. The average molecular weight is 312 g/mol. The predicted molar refractivity (Wildman–Crippen MR) is 75.3 cm³/mol. The number of hydrogen-bond donors (Lipinski definition) is 1. The summed E-state index contributed by atoms with van der Waals surface area (Å²) in [5.74, 6) is 4.48. The molecule has 0 aromatic carbocycles. The molecule has 0 radical (unpaired) electrons. The molecule has 3 nitrogen and oxygen atoms in total. The molecule has 0 aliphatic carbocycles. The molecule has 1 saturated heterocycles. The quantitative estimate of drug-likeness (QED) is 0.924. The Kier molecular flexibility index (Phi) is 3.38. The van der Waals surface area contributed by atoms with E-state index in [-0.39, 0.29) is 0 Å². The van der Waals surface area contributed by atoms with Gasteiger partial charge in [0.15, 0.2) is 5.65 Å². The summed E-state index contributed by atoms with van der Waals surface area (Å²) in [6.45, 7) is 0. The Bertz CT molecular complexity index is 519. The van der Waals surface area contributed by atoms with Crippen molar-refractivity contribution in [2.24, 2.45) is 5.92 Å². The lowest BCUT2D eigenvalue weighted by atomic mass is 9.99. The monoisotopic (exact) mass is 311 g/mol. The maximum atomic E-state index is 4.55. The van der Waals surface area contributed by atoms with E-state index >= 15 is 0 Å². The molecule has 0 atom stereocenters. The van der Waals surface area contributed by atoms with Crippen LogP contribution >= 0.6 is 27.7 Å². The topological polar surface area (TPSA) is 41.6 Å². The maximum absolute atomic E-state index is 4.55. The van der Waals surface area contributed by atoms with Crippen LogP contribution in [-0.4, -0.2) is 26.5 Å². The molecular weight excluding hydrogens is 298 g/mol. The van der Waals surface area contributed by atoms with E-state index in [2.05, 4.69) is 42.6 Å². The van der Waals surface area contributed by atoms with E-state index in [0.717, 1.165) is 33.8 Å². The third-order valence-electron chi connectivity index (χ3n) is 3.18. The number of imidazole rings is 1. The number of fused-ring (bicyclic) bond motifs is 1. The lowest BCUT2D eigenvalue weighted by Gasteiger charge is -2.19. The molecule has 1 fully saturated rings. The second-order valence-corrected chi connectivity index (χ2v) is 6.61. The van der Waals surface area contributed by atoms with Crippen LogP contribution in [0.4, 0.5) is 0 Å². The van der Waals surface area contributed by atoms with Gasteiger partial charge in [0.2, 0.25) is 0 Å². The summed E-state index contributed by atoms with van der Waals surface area (Å²) in [6, 6.07) is 2.04. The summed E-state index contributed by atoms with van der Waals surface area (Å²) in [7, 11) is 0. The standard InChI is InChI=1S/C12H14BrN3S/c13-9-6-10-12(14-7-9)16-11(15-10)5-8-1-3-17-4-2-8/h6-8H,1-5H2,(H,14,15,16). The number of nitrogens with zero attached hydrogens (tertiary/aromatic N) is 2. The van der Waals surface area contributed by atoms with Gasteiger partial charge in [-0.1, -0.05) is 0 Å². The molecule has 2 aromatic heterocycles. The molecule has 17 heavy (non-hydrogen) atoms. The van der Waals surface area contributed by atoms with Crippen LogP contribution in [0.2, 0.25) is 0 Å². The normalized spacial score (nSPS) is 17.7. The fourth-order valence-electron chi connectivity index (χ4n) is 2.25. The van der Waals surface area contributed by atoms with Crippen molar-refractivity contribution in [3.63, 3.8) is 0 Å². The third-order valence-corrected chi connectivity index (χ3v) is 4.66. The average Bonchev–Trinajstić information content (AvgIpc) is 2.71. The van der Waals surface area contributed by atoms with Crippen LogP contribution in [0.1, 0.15) is 18.7 Å². The number of hydrogen-bond acceptors (Lipinski definition) is 3. The second-order valence-electron chi connectivity index (χ2n) is 4.47. The fourth-order valence-corrected chi connectivity index (χ4v) is 3.78. The van der Waals surface area contributed by atoms with E-state index in [4.69, 9.17) is 0 Å². The summed E-state index contributed by atoms with van der Waals surface area (Å²) in [5, 5.41) is 0. The van der Waals surface area contributed by atoms with Crippen LogP contribution in [0.3, 0.4) is 0 Å². The molecule has 1 aliphatic rings. The van der Waals surface area contributed by atoms with Crippen molar-refractivity contribution in [1.82, 2.24) is 15.0 Å². The van der Waals surface area contributed by atoms with Gasteiger partial charge in [0, 0.05) is 17.1 Å². The molecule has 5 heteroatoms. The molecule has 3 heterocycles. The lowest BCUT2D eigenvalue weighted by Crippen LogP contribution is -2.12. The van der Waals surface area contributed by atoms with Gasteiger partial charge >= 0.3 is 0 Å². The van der Waals surface area contributed by atoms with Gasteiger partial charge in [-0.3, -0.25) is 0 Å². The number of aromatic nitrogens is 3. The molecule has 3 rings (SSSR count). The van der Waals surface area contributed by atoms with Crippen molar-refractivity contribution in [2.75, 3.05) is 11.5 Å². The van der Waals surface area contributed by atoms with Gasteiger partial charge in [0.05, 0.1) is 5.52 Å². The first-order valence-corrected chi connectivity index (χ1v) is 7.84. The van der Waals surface area contributed by atoms with Crippen LogP contribution in [0, 0.1) is 5.92 Å². The van der Waals surface area contributed by atoms with Crippen molar-refractivity contribution in [1.29, 1.82) is 0 Å². The number of H-pyrrole nitrogens is 1. The lowest BCUT2D eigenvalue weighted by molar-refractivity contribution is 0.478. The highest BCUT2D eigenvalue weighted by Crippen LogP contribution is 2.25. The molecule has 0 saturated carbocycles. The molecule has 0 spiro atoms. The fraction of sp³-hybridized carbons (Fsp3) is 0.500. The largest absolute Gasteiger partial charge is 0.341 e. The summed E-state index contributed by atoms with van der Waals surface area (Å²) in [4.78, 5) is 12.2. The number of rotatable bonds is 2. The van der Waals surface area contributed by atoms with Gasteiger partial charge < -0.3 is 4.98 Å². The van der Waals surface area contributed by atoms with Gasteiger partial charge in [-0.15, -0.1) is 0 Å². The highest BCUT2D eigenvalue weighted by atomic mass is 79.9. The Hall–Kier alpha value is -0.550. The van der Waals surface area contributed by atoms with E-state index < -0.39 is 0 Å². The van der Waals surface area contributed by atoms with E-state index in [1.54, 1.807) is 6.20 Å². The van der Waals surface area contributed by atoms with E-state index in [9.17, 15) is 0 Å². The van der Waals surface area contributed by atoms with Crippen molar-refractivity contribution < 1.29 is 0 Å². The Labute approximate surface area is 113 Å². The molecule has 1 aliphatic heterocycles. The summed E-state index contributed by atoms with van der Waals surface area (Å²) in [5.41, 5.74) is 1.85. The van der Waals surface area contributed by atoms with Gasteiger partial charge in [-0.25, -0.2) is 9.97 Å². The molecule has 0 amide bonds. The second kappa shape index (κ2) is 4.98. The molecule has 2 aromatic rings. The molecule has 0 unspecified atom stereocenters. The molecule has 0 bridgehead atoms. The minimum absolute atomic E-state index is 0.792. The van der Waals surface area contributed by atoms with Crippen LogP contribution in [0.25, 0.3) is 11.2 Å². The van der Waals surface area contributed by atoms with Crippen molar-refractivity contribution >= 4 is 38.9 Å². The minimum Gasteiger partial charge on any atom is -0.341 e. The Balaban J connectivity index is 1.80. The minimum atomic E-state index is 0.792. The summed E-state index contributed by atoms with van der Waals surface area (Å²) < 4.78 is 0.995. The van der Waals surface area contributed by atoms with Crippen molar-refractivity contribution in [3.05, 3.63) is 22.6 Å². The van der Waals surface area contributed by atoms with Gasteiger partial charge in [0.1, 0.15) is 5.82 Å². The highest BCUT2D eigenvalue weighted by molar-refractivity contribution is 9.10. The Morgan fingerprint density at radius 2 is 2.24 bits per heavy atom. The van der Waals surface area contributed by atoms with E-state index in [1.165, 1.54) is 24.3 Å². The van der Waals surface area contributed by atoms with Gasteiger partial charge in [0.25, 0.3) is 0 Å². The van der Waals surface area contributed by atoms with Crippen LogP contribution < -0.4 is 0 Å². The third kappa shape index (κ3) is 2.65. The zero-order chi connectivity index (χ0) is 11.7. The van der Waals surface area contributed by atoms with Crippen molar-refractivity contribution in [3.8, 4) is 0 Å². The molecule has 1 N–H and O–H groups in total. The predicted octanol–water partition coefficient (Wildman–Crippen LogP) is 3.41. The molecule has 90 valence electrons. The number of pyridine rings is 1. The van der Waals surface area contributed by atoms with Gasteiger partial charge in [-0.05, 0) is 52.3 Å². The SMILES string of the molecule is Brc1cnc2nc(CC3CCSCC3)[nH]c2c1. The summed E-state index contributed by atoms with van der Waals surface area (Å²) >= 11 is 5.49. The van der Waals surface area contributed by atoms with E-state index in [1.807, 2.05) is 6.07 Å². The number of thioether (sulfide) groups is 1. The molecular formula is C12H14BrN3S. The van der Waals surface area contributed by atoms with Crippen molar-refractivity contribution in [2.45, 2.75) is 19.3 Å². The number of nitrogens with one attached hydrogen (secondary N) is 1. The van der Waals surface area contributed by atoms with Crippen LogP contribution in [-0.2, 0) is 6.42 Å².